The van der Waals surface area contributed by atoms with E-state index in [0.29, 0.717) is 0 Å². The van der Waals surface area contributed by atoms with Crippen molar-refractivity contribution in [2.24, 2.45) is 5.92 Å². The Kier molecular flexibility index (Phi) is 4.24. The van der Waals surface area contributed by atoms with Crippen molar-refractivity contribution in [3.05, 3.63) is 12.2 Å². The molecule has 1 rings (SSSR count). The van der Waals surface area contributed by atoms with E-state index in [4.69, 9.17) is 4.74 Å². The van der Waals surface area contributed by atoms with Crippen LogP contribution in [0.15, 0.2) is 12.2 Å². The van der Waals surface area contributed by atoms with Crippen molar-refractivity contribution < 1.29 is 4.74 Å². The average molecular weight is 155 g/mol. The standard InChI is InChI=1S/C9H17NO/c1-2-3-6-11-8-9-4-5-10-7-9/h2-3,9-10H,4-8H2,1H3. The van der Waals surface area contributed by atoms with E-state index in [1.165, 1.54) is 6.42 Å². The molecule has 1 atom stereocenters. The molecular formula is C9H17NO. The molecular weight excluding hydrogens is 138 g/mol. The molecule has 1 aliphatic rings. The summed E-state index contributed by atoms with van der Waals surface area (Å²) in [6, 6.07) is 0. The third kappa shape index (κ3) is 3.54. The molecule has 0 saturated carbocycles. The monoisotopic (exact) mass is 155 g/mol. The first kappa shape index (κ1) is 8.75. The second-order valence-electron chi connectivity index (χ2n) is 2.97. The lowest BCUT2D eigenvalue weighted by atomic mass is 10.1. The average Bonchev–Trinajstić information content (AvgIpc) is 2.50. The summed E-state index contributed by atoms with van der Waals surface area (Å²) in [4.78, 5) is 0. The largest absolute Gasteiger partial charge is 0.377 e. The van der Waals surface area contributed by atoms with Gasteiger partial charge in [-0.1, -0.05) is 12.2 Å². The Balaban J connectivity index is 1.93. The van der Waals surface area contributed by atoms with Gasteiger partial charge < -0.3 is 10.1 Å². The maximum Gasteiger partial charge on any atom is 0.0647 e. The fraction of sp³-hybridized carbons (Fsp3) is 0.778. The molecule has 2 nitrogen and oxygen atoms in total. The molecule has 0 amide bonds. The van der Waals surface area contributed by atoms with Gasteiger partial charge >= 0.3 is 0 Å². The first-order valence-electron chi connectivity index (χ1n) is 4.33. The van der Waals surface area contributed by atoms with Gasteiger partial charge in [0, 0.05) is 6.54 Å². The number of ether oxygens (including phenoxy) is 1. The van der Waals surface area contributed by atoms with E-state index in [1.807, 2.05) is 19.1 Å². The molecule has 1 N–H and O–H groups in total. The van der Waals surface area contributed by atoms with Crippen LogP contribution in [0, 0.1) is 5.92 Å². The quantitative estimate of drug-likeness (QED) is 0.486. The molecule has 0 aromatic carbocycles. The number of nitrogens with one attached hydrogen (secondary N) is 1. The van der Waals surface area contributed by atoms with Crippen molar-refractivity contribution in [3.8, 4) is 0 Å². The first-order valence-corrected chi connectivity index (χ1v) is 4.33. The fourth-order valence-corrected chi connectivity index (χ4v) is 1.26. The predicted octanol–water partition coefficient (Wildman–Crippen LogP) is 1.19. The van der Waals surface area contributed by atoms with E-state index in [-0.39, 0.29) is 0 Å². The Labute approximate surface area is 68.6 Å². The smallest absolute Gasteiger partial charge is 0.0647 e. The summed E-state index contributed by atoms with van der Waals surface area (Å²) >= 11 is 0. The van der Waals surface area contributed by atoms with E-state index < -0.39 is 0 Å². The molecule has 1 saturated heterocycles. The Hall–Kier alpha value is -0.340. The summed E-state index contributed by atoms with van der Waals surface area (Å²) in [7, 11) is 0. The van der Waals surface area contributed by atoms with Crippen LogP contribution in [0.5, 0.6) is 0 Å². The van der Waals surface area contributed by atoms with Crippen molar-refractivity contribution in [2.75, 3.05) is 26.3 Å². The Morgan fingerprint density at radius 1 is 1.64 bits per heavy atom. The molecule has 0 aromatic heterocycles. The molecule has 0 spiro atoms. The molecule has 1 unspecified atom stereocenters. The van der Waals surface area contributed by atoms with Crippen molar-refractivity contribution in [3.63, 3.8) is 0 Å². The molecule has 0 radical (unpaired) electrons. The highest BCUT2D eigenvalue weighted by Gasteiger charge is 2.13. The second kappa shape index (κ2) is 5.33. The minimum Gasteiger partial charge on any atom is -0.377 e. The molecule has 0 bridgehead atoms. The van der Waals surface area contributed by atoms with Crippen LogP contribution in [0.3, 0.4) is 0 Å². The number of rotatable bonds is 4. The Bertz CT molecular complexity index is 117. The van der Waals surface area contributed by atoms with Crippen LogP contribution < -0.4 is 5.32 Å². The number of allylic oxidation sites excluding steroid dienone is 1. The molecule has 0 aliphatic carbocycles. The summed E-state index contributed by atoms with van der Waals surface area (Å²) < 4.78 is 5.43. The van der Waals surface area contributed by atoms with E-state index >= 15 is 0 Å². The van der Waals surface area contributed by atoms with Crippen LogP contribution in [0.4, 0.5) is 0 Å². The number of hydrogen-bond acceptors (Lipinski definition) is 2. The van der Waals surface area contributed by atoms with E-state index in [1.54, 1.807) is 0 Å². The normalized spacial score (nSPS) is 25.0. The van der Waals surface area contributed by atoms with Gasteiger partial charge in [-0.2, -0.15) is 0 Å². The van der Waals surface area contributed by atoms with Gasteiger partial charge in [0.25, 0.3) is 0 Å². The molecule has 11 heavy (non-hydrogen) atoms. The molecule has 0 aromatic rings. The highest BCUT2D eigenvalue weighted by Crippen LogP contribution is 2.06. The van der Waals surface area contributed by atoms with Crippen molar-refractivity contribution in [1.82, 2.24) is 5.32 Å². The van der Waals surface area contributed by atoms with Crippen LogP contribution in [-0.2, 0) is 4.74 Å². The maximum atomic E-state index is 5.43. The van der Waals surface area contributed by atoms with Gasteiger partial charge in [0.15, 0.2) is 0 Å². The van der Waals surface area contributed by atoms with Gasteiger partial charge in [0.2, 0.25) is 0 Å². The number of hydrogen-bond donors (Lipinski definition) is 1. The SMILES string of the molecule is CC=CCOCC1CCNC1. The molecule has 2 heteroatoms. The zero-order valence-corrected chi connectivity index (χ0v) is 7.18. The van der Waals surface area contributed by atoms with Gasteiger partial charge in [-0.15, -0.1) is 0 Å². The zero-order chi connectivity index (χ0) is 7.94. The van der Waals surface area contributed by atoms with Gasteiger partial charge in [0.1, 0.15) is 0 Å². The topological polar surface area (TPSA) is 21.3 Å². The van der Waals surface area contributed by atoms with E-state index in [9.17, 15) is 0 Å². The van der Waals surface area contributed by atoms with Crippen molar-refractivity contribution in [1.29, 1.82) is 0 Å². The fourth-order valence-electron chi connectivity index (χ4n) is 1.26. The van der Waals surface area contributed by atoms with Gasteiger partial charge in [0.05, 0.1) is 13.2 Å². The van der Waals surface area contributed by atoms with Crippen molar-refractivity contribution >= 4 is 0 Å². The van der Waals surface area contributed by atoms with Gasteiger partial charge in [-0.25, -0.2) is 0 Å². The maximum absolute atomic E-state index is 5.43. The summed E-state index contributed by atoms with van der Waals surface area (Å²) in [6.07, 6.45) is 5.34. The highest BCUT2D eigenvalue weighted by atomic mass is 16.5. The summed E-state index contributed by atoms with van der Waals surface area (Å²) in [5, 5.41) is 3.32. The third-order valence-corrected chi connectivity index (χ3v) is 1.97. The molecule has 1 fully saturated rings. The van der Waals surface area contributed by atoms with Gasteiger partial charge in [-0.3, -0.25) is 0 Å². The summed E-state index contributed by atoms with van der Waals surface area (Å²) in [5.41, 5.74) is 0. The third-order valence-electron chi connectivity index (χ3n) is 1.97. The van der Waals surface area contributed by atoms with E-state index in [0.717, 1.165) is 32.2 Å². The first-order chi connectivity index (χ1) is 5.43. The molecule has 1 aliphatic heterocycles. The van der Waals surface area contributed by atoms with Crippen LogP contribution in [0.1, 0.15) is 13.3 Å². The second-order valence-corrected chi connectivity index (χ2v) is 2.97. The Morgan fingerprint density at radius 3 is 3.18 bits per heavy atom. The van der Waals surface area contributed by atoms with Crippen LogP contribution in [0.25, 0.3) is 0 Å². The van der Waals surface area contributed by atoms with Gasteiger partial charge in [-0.05, 0) is 25.8 Å². The van der Waals surface area contributed by atoms with Crippen LogP contribution >= 0.6 is 0 Å². The predicted molar refractivity (Wildman–Crippen MR) is 46.6 cm³/mol. The van der Waals surface area contributed by atoms with Crippen LogP contribution in [-0.4, -0.2) is 26.3 Å². The molecule has 64 valence electrons. The molecule has 1 heterocycles. The summed E-state index contributed by atoms with van der Waals surface area (Å²) in [6.45, 7) is 6.00. The lowest BCUT2D eigenvalue weighted by Gasteiger charge is -2.06. The highest BCUT2D eigenvalue weighted by molar-refractivity contribution is 4.77. The minimum atomic E-state index is 0.750. The zero-order valence-electron chi connectivity index (χ0n) is 7.18. The van der Waals surface area contributed by atoms with E-state index in [2.05, 4.69) is 5.32 Å². The van der Waals surface area contributed by atoms with Crippen LogP contribution in [0.2, 0.25) is 0 Å². The lowest BCUT2D eigenvalue weighted by Crippen LogP contribution is -2.13. The Morgan fingerprint density at radius 2 is 2.55 bits per heavy atom. The summed E-state index contributed by atoms with van der Waals surface area (Å²) in [5.74, 6) is 0.750. The minimum absolute atomic E-state index is 0.750. The van der Waals surface area contributed by atoms with Crippen molar-refractivity contribution in [2.45, 2.75) is 13.3 Å². The lowest BCUT2D eigenvalue weighted by molar-refractivity contribution is 0.129.